The number of para-hydroxylation sites is 1. The smallest absolute Gasteiger partial charge is 0.287 e. The second kappa shape index (κ2) is 10.0. The van der Waals surface area contributed by atoms with Crippen LogP contribution < -0.4 is 10.6 Å². The molecule has 3 aromatic heterocycles. The number of aryl methyl sites for hydroxylation is 1. The van der Waals surface area contributed by atoms with Crippen molar-refractivity contribution in [3.8, 4) is 11.3 Å². The summed E-state index contributed by atoms with van der Waals surface area (Å²) in [5.41, 5.74) is 5.00. The molecule has 3 heterocycles. The Morgan fingerprint density at radius 1 is 1.19 bits per heavy atom. The van der Waals surface area contributed by atoms with Gasteiger partial charge in [-0.3, -0.25) is 15.1 Å². The van der Waals surface area contributed by atoms with Crippen molar-refractivity contribution >= 4 is 22.5 Å². The maximum absolute atomic E-state index is 10.9. The maximum Gasteiger partial charge on any atom is 0.287 e. The molecule has 0 saturated heterocycles. The molecule has 1 aliphatic rings. The molecule has 1 saturated carbocycles. The van der Waals surface area contributed by atoms with Crippen LogP contribution in [0.4, 0.5) is 11.6 Å². The van der Waals surface area contributed by atoms with Crippen molar-refractivity contribution in [3.05, 3.63) is 76.4 Å². The van der Waals surface area contributed by atoms with Crippen LogP contribution in [0.1, 0.15) is 50.8 Å². The van der Waals surface area contributed by atoms with Crippen molar-refractivity contribution in [2.75, 3.05) is 5.32 Å². The van der Waals surface area contributed by atoms with Crippen molar-refractivity contribution in [1.29, 1.82) is 0 Å². The van der Waals surface area contributed by atoms with Gasteiger partial charge in [0.15, 0.2) is 0 Å². The van der Waals surface area contributed by atoms with Gasteiger partial charge in [-0.25, -0.2) is 9.97 Å². The van der Waals surface area contributed by atoms with E-state index in [1.807, 2.05) is 24.5 Å². The number of anilines is 1. The van der Waals surface area contributed by atoms with Gasteiger partial charge in [-0.1, -0.05) is 25.1 Å². The third kappa shape index (κ3) is 5.06. The van der Waals surface area contributed by atoms with Crippen LogP contribution in [0.2, 0.25) is 0 Å². The number of fused-ring (bicyclic) bond motifs is 1. The molecule has 0 radical (unpaired) electrons. The van der Waals surface area contributed by atoms with Crippen LogP contribution in [0.5, 0.6) is 0 Å². The second-order valence-corrected chi connectivity index (χ2v) is 9.79. The molecule has 0 aliphatic heterocycles. The first-order valence-corrected chi connectivity index (χ1v) is 12.5. The zero-order chi connectivity index (χ0) is 25.1. The molecule has 2 atom stereocenters. The molecule has 4 aromatic rings. The first-order valence-electron chi connectivity index (χ1n) is 12.5. The molecule has 0 spiro atoms. The Morgan fingerprint density at radius 2 is 2.06 bits per heavy atom. The van der Waals surface area contributed by atoms with Gasteiger partial charge in [0, 0.05) is 53.1 Å². The minimum absolute atomic E-state index is 0.00740. The highest BCUT2D eigenvalue weighted by Crippen LogP contribution is 2.32. The summed E-state index contributed by atoms with van der Waals surface area (Å²) in [7, 11) is 0. The third-order valence-electron chi connectivity index (χ3n) is 7.12. The fourth-order valence-electron chi connectivity index (χ4n) is 5.12. The minimum Gasteiger partial charge on any atom is -0.360 e. The molecule has 2 unspecified atom stereocenters. The lowest BCUT2D eigenvalue weighted by molar-refractivity contribution is -0.385. The molecule has 186 valence electrons. The highest BCUT2D eigenvalue weighted by atomic mass is 16.6. The zero-order valence-corrected chi connectivity index (χ0v) is 20.6. The highest BCUT2D eigenvalue weighted by molar-refractivity contribution is 5.95. The average molecular weight is 486 g/mol. The van der Waals surface area contributed by atoms with Crippen molar-refractivity contribution in [1.82, 2.24) is 25.3 Å². The Hall–Kier alpha value is -3.85. The number of benzene rings is 1. The maximum atomic E-state index is 10.9. The Labute approximate surface area is 209 Å². The summed E-state index contributed by atoms with van der Waals surface area (Å²) in [6.07, 6.45) is 10.2. The van der Waals surface area contributed by atoms with Gasteiger partial charge in [0.25, 0.3) is 5.69 Å². The van der Waals surface area contributed by atoms with Gasteiger partial charge >= 0.3 is 0 Å². The van der Waals surface area contributed by atoms with Crippen LogP contribution in [0, 0.1) is 10.1 Å². The molecule has 3 N–H and O–H groups in total. The molecule has 1 aliphatic carbocycles. The number of aromatic amines is 1. The summed E-state index contributed by atoms with van der Waals surface area (Å²) < 4.78 is 0. The topological polar surface area (TPSA) is 122 Å². The predicted octanol–water partition coefficient (Wildman–Crippen LogP) is 5.39. The zero-order valence-electron chi connectivity index (χ0n) is 20.6. The minimum atomic E-state index is -0.429. The molecule has 5 rings (SSSR count). The van der Waals surface area contributed by atoms with Gasteiger partial charge in [-0.05, 0) is 56.7 Å². The van der Waals surface area contributed by atoms with E-state index in [4.69, 9.17) is 4.98 Å². The van der Waals surface area contributed by atoms with Crippen LogP contribution >= 0.6 is 0 Å². The van der Waals surface area contributed by atoms with Crippen LogP contribution in [-0.4, -0.2) is 36.4 Å². The van der Waals surface area contributed by atoms with E-state index in [0.717, 1.165) is 65.5 Å². The Kier molecular flexibility index (Phi) is 6.65. The first kappa shape index (κ1) is 23.9. The van der Waals surface area contributed by atoms with Crippen molar-refractivity contribution in [3.63, 3.8) is 0 Å². The molecule has 0 bridgehead atoms. The van der Waals surface area contributed by atoms with E-state index in [2.05, 4.69) is 51.6 Å². The van der Waals surface area contributed by atoms with E-state index in [1.165, 1.54) is 12.3 Å². The van der Waals surface area contributed by atoms with E-state index in [9.17, 15) is 10.1 Å². The number of pyridine rings is 1. The van der Waals surface area contributed by atoms with E-state index >= 15 is 0 Å². The van der Waals surface area contributed by atoms with Crippen LogP contribution in [0.25, 0.3) is 22.2 Å². The van der Waals surface area contributed by atoms with Gasteiger partial charge in [0.2, 0.25) is 5.95 Å². The summed E-state index contributed by atoms with van der Waals surface area (Å²) in [5.74, 6) is 0.652. The number of nitrogens with zero attached hydrogens (tertiary/aromatic N) is 4. The quantitative estimate of drug-likeness (QED) is 0.226. The van der Waals surface area contributed by atoms with E-state index in [-0.39, 0.29) is 17.3 Å². The number of H-pyrrole nitrogens is 1. The summed E-state index contributed by atoms with van der Waals surface area (Å²) in [6.45, 7) is 4.92. The van der Waals surface area contributed by atoms with E-state index < -0.39 is 4.92 Å². The van der Waals surface area contributed by atoms with Gasteiger partial charge in [-0.2, -0.15) is 0 Å². The number of nitro groups is 1. The van der Waals surface area contributed by atoms with Crippen LogP contribution in [0.15, 0.2) is 55.0 Å². The van der Waals surface area contributed by atoms with Gasteiger partial charge in [0.1, 0.15) is 6.20 Å². The van der Waals surface area contributed by atoms with Gasteiger partial charge in [-0.15, -0.1) is 0 Å². The van der Waals surface area contributed by atoms with Crippen LogP contribution in [-0.2, 0) is 13.0 Å². The molecular formula is C27H31N7O2. The average Bonchev–Trinajstić information content (AvgIpc) is 3.32. The first-order chi connectivity index (χ1) is 17.4. The Bertz CT molecular complexity index is 1370. The Morgan fingerprint density at radius 3 is 2.83 bits per heavy atom. The second-order valence-electron chi connectivity index (χ2n) is 9.79. The summed E-state index contributed by atoms with van der Waals surface area (Å²) >= 11 is 0. The fraction of sp³-hybridized carbons (Fsp3) is 0.370. The molecular weight excluding hydrogens is 454 g/mol. The standard InChI is InChI=1S/C27H31N7O2/c1-3-18-14-30-26(33-25(18)23-17-29-24-9-5-4-8-22(23)24)32-19-7-6-12-27(2,13-19)31-15-20-10-11-21(16-28-20)34(35)36/h4-5,8-11,14,16-17,19,29,31H,3,6-7,12-13,15H2,1-2H3,(H,30,32,33). The normalized spacial score (nSPS) is 19.9. The van der Waals surface area contributed by atoms with Crippen molar-refractivity contribution in [2.24, 2.45) is 0 Å². The van der Waals surface area contributed by atoms with Gasteiger partial charge in [0.05, 0.1) is 16.3 Å². The number of nitrogens with one attached hydrogen (secondary N) is 3. The number of hydrogen-bond donors (Lipinski definition) is 3. The molecule has 9 nitrogen and oxygen atoms in total. The molecule has 1 aromatic carbocycles. The molecule has 36 heavy (non-hydrogen) atoms. The lowest BCUT2D eigenvalue weighted by Gasteiger charge is -2.39. The third-order valence-corrected chi connectivity index (χ3v) is 7.12. The van der Waals surface area contributed by atoms with Gasteiger partial charge < -0.3 is 15.6 Å². The largest absolute Gasteiger partial charge is 0.360 e. The SMILES string of the molecule is CCc1cnc(NC2CCCC(C)(NCc3ccc([N+](=O)[O-])cn3)C2)nc1-c1c[nH]c2ccccc12. The predicted molar refractivity (Wildman–Crippen MR) is 141 cm³/mol. The number of hydrogen-bond acceptors (Lipinski definition) is 7. The fourth-order valence-corrected chi connectivity index (χ4v) is 5.12. The monoisotopic (exact) mass is 485 g/mol. The summed E-state index contributed by atoms with van der Waals surface area (Å²) in [4.78, 5) is 27.6. The van der Waals surface area contributed by atoms with E-state index in [1.54, 1.807) is 6.07 Å². The molecule has 9 heteroatoms. The van der Waals surface area contributed by atoms with Crippen LogP contribution in [0.3, 0.4) is 0 Å². The summed E-state index contributed by atoms with van der Waals surface area (Å²) in [5, 5.41) is 19.3. The number of aromatic nitrogens is 4. The lowest BCUT2D eigenvalue weighted by atomic mass is 9.80. The molecule has 0 amide bonds. The molecule has 1 fully saturated rings. The van der Waals surface area contributed by atoms with Crippen molar-refractivity contribution in [2.45, 2.75) is 64.1 Å². The summed E-state index contributed by atoms with van der Waals surface area (Å²) in [6, 6.07) is 11.7. The van der Waals surface area contributed by atoms with E-state index in [0.29, 0.717) is 12.5 Å². The Balaban J connectivity index is 1.29. The van der Waals surface area contributed by atoms with Crippen molar-refractivity contribution < 1.29 is 4.92 Å². The number of rotatable bonds is 8. The lowest BCUT2D eigenvalue weighted by Crippen LogP contribution is -2.48. The highest BCUT2D eigenvalue weighted by Gasteiger charge is 2.32.